The molecule has 4 heteroatoms. The van der Waals surface area contributed by atoms with Crippen LogP contribution in [-0.4, -0.2) is 24.4 Å². The molecule has 1 aliphatic rings. The van der Waals surface area contributed by atoms with Gasteiger partial charge in [-0.25, -0.2) is 0 Å². The summed E-state index contributed by atoms with van der Waals surface area (Å²) in [5.41, 5.74) is 17.0. The predicted octanol–water partition coefficient (Wildman–Crippen LogP) is -1.02. The number of rotatable bonds is 1. The number of hydrogen-bond acceptors (Lipinski definition) is 4. The first-order valence-electron chi connectivity index (χ1n) is 3.96. The zero-order chi connectivity index (χ0) is 8.59. The van der Waals surface area contributed by atoms with Gasteiger partial charge < -0.3 is 21.9 Å². The molecule has 0 aromatic carbocycles. The highest BCUT2D eigenvalue weighted by Crippen LogP contribution is 2.20. The molecular formula is C7H17N3O. The first-order valence-corrected chi connectivity index (χ1v) is 3.96. The number of nitrogens with two attached hydrogens (primary N) is 3. The Labute approximate surface area is 67.1 Å². The van der Waals surface area contributed by atoms with Gasteiger partial charge in [-0.15, -0.1) is 0 Å². The SMILES string of the molecule is CC(C)C1OC(N)C(N)C1N. The van der Waals surface area contributed by atoms with Gasteiger partial charge >= 0.3 is 0 Å². The molecule has 1 heterocycles. The molecule has 4 unspecified atom stereocenters. The Kier molecular flexibility index (Phi) is 2.49. The van der Waals surface area contributed by atoms with Gasteiger partial charge in [0.1, 0.15) is 6.23 Å². The third kappa shape index (κ3) is 1.54. The molecule has 0 aromatic heterocycles. The minimum atomic E-state index is -0.391. The van der Waals surface area contributed by atoms with Crippen LogP contribution in [0.2, 0.25) is 0 Å². The highest BCUT2D eigenvalue weighted by atomic mass is 16.5. The van der Waals surface area contributed by atoms with E-state index in [-0.39, 0.29) is 18.2 Å². The van der Waals surface area contributed by atoms with Gasteiger partial charge in [0.25, 0.3) is 0 Å². The topological polar surface area (TPSA) is 87.3 Å². The number of hydrogen-bond donors (Lipinski definition) is 3. The third-order valence-corrected chi connectivity index (χ3v) is 2.17. The average Bonchev–Trinajstić information content (AvgIpc) is 2.17. The van der Waals surface area contributed by atoms with Crippen molar-refractivity contribution in [2.75, 3.05) is 0 Å². The molecule has 0 saturated carbocycles. The van der Waals surface area contributed by atoms with Gasteiger partial charge in [-0.1, -0.05) is 13.8 Å². The zero-order valence-corrected chi connectivity index (χ0v) is 7.03. The van der Waals surface area contributed by atoms with Crippen LogP contribution in [0.15, 0.2) is 0 Å². The van der Waals surface area contributed by atoms with Crippen LogP contribution in [0, 0.1) is 5.92 Å². The van der Waals surface area contributed by atoms with Crippen molar-refractivity contribution in [1.82, 2.24) is 0 Å². The molecule has 4 atom stereocenters. The maximum Gasteiger partial charge on any atom is 0.123 e. The van der Waals surface area contributed by atoms with E-state index < -0.39 is 6.23 Å². The lowest BCUT2D eigenvalue weighted by Gasteiger charge is -2.18. The van der Waals surface area contributed by atoms with Crippen LogP contribution in [0.4, 0.5) is 0 Å². The highest BCUT2D eigenvalue weighted by molar-refractivity contribution is 4.94. The summed E-state index contributed by atoms with van der Waals surface area (Å²) in [5, 5.41) is 0. The quantitative estimate of drug-likeness (QED) is 0.457. The second-order valence-corrected chi connectivity index (χ2v) is 3.46. The van der Waals surface area contributed by atoms with Crippen LogP contribution in [0.3, 0.4) is 0 Å². The normalized spacial score (nSPS) is 45.3. The molecule has 1 aliphatic heterocycles. The molecule has 1 saturated heterocycles. The van der Waals surface area contributed by atoms with Crippen LogP contribution < -0.4 is 17.2 Å². The fraction of sp³-hybridized carbons (Fsp3) is 1.00. The second kappa shape index (κ2) is 3.06. The predicted molar refractivity (Wildman–Crippen MR) is 43.6 cm³/mol. The van der Waals surface area contributed by atoms with Crippen LogP contribution >= 0.6 is 0 Å². The summed E-state index contributed by atoms with van der Waals surface area (Å²) in [7, 11) is 0. The lowest BCUT2D eigenvalue weighted by molar-refractivity contribution is 0.0169. The van der Waals surface area contributed by atoms with Crippen LogP contribution in [-0.2, 0) is 4.74 Å². The Bertz CT molecular complexity index is 140. The summed E-state index contributed by atoms with van der Waals surface area (Å²) < 4.78 is 5.38. The Balaban J connectivity index is 2.59. The molecule has 4 nitrogen and oxygen atoms in total. The van der Waals surface area contributed by atoms with Gasteiger partial charge in [0.15, 0.2) is 0 Å². The van der Waals surface area contributed by atoms with E-state index in [1.54, 1.807) is 0 Å². The van der Waals surface area contributed by atoms with E-state index in [1.165, 1.54) is 0 Å². The van der Waals surface area contributed by atoms with Gasteiger partial charge in [0, 0.05) is 0 Å². The van der Waals surface area contributed by atoms with Crippen molar-refractivity contribution in [3.63, 3.8) is 0 Å². The highest BCUT2D eigenvalue weighted by Gasteiger charge is 2.39. The summed E-state index contributed by atoms with van der Waals surface area (Å²) in [6.07, 6.45) is -0.377. The maximum atomic E-state index is 5.78. The molecule has 0 spiro atoms. The van der Waals surface area contributed by atoms with E-state index in [1.807, 2.05) is 0 Å². The van der Waals surface area contributed by atoms with Gasteiger partial charge in [-0.05, 0) is 5.92 Å². The Morgan fingerprint density at radius 1 is 1.09 bits per heavy atom. The Morgan fingerprint density at radius 2 is 1.64 bits per heavy atom. The summed E-state index contributed by atoms with van der Waals surface area (Å²) >= 11 is 0. The zero-order valence-electron chi connectivity index (χ0n) is 7.03. The molecule has 1 fully saturated rings. The molecule has 6 N–H and O–H groups in total. The molecule has 0 radical (unpaired) electrons. The van der Waals surface area contributed by atoms with Crippen LogP contribution in [0.5, 0.6) is 0 Å². The monoisotopic (exact) mass is 159 g/mol. The smallest absolute Gasteiger partial charge is 0.123 e. The van der Waals surface area contributed by atoms with Crippen LogP contribution in [0.25, 0.3) is 0 Å². The van der Waals surface area contributed by atoms with Gasteiger partial charge in [0.2, 0.25) is 0 Å². The lowest BCUT2D eigenvalue weighted by atomic mass is 9.98. The van der Waals surface area contributed by atoms with E-state index in [2.05, 4.69) is 13.8 Å². The van der Waals surface area contributed by atoms with E-state index in [4.69, 9.17) is 21.9 Å². The Hall–Kier alpha value is -0.160. The molecule has 1 rings (SSSR count). The van der Waals surface area contributed by atoms with Gasteiger partial charge in [-0.3, -0.25) is 0 Å². The molecule has 0 amide bonds. The van der Waals surface area contributed by atoms with E-state index in [0.29, 0.717) is 5.92 Å². The van der Waals surface area contributed by atoms with E-state index in [0.717, 1.165) is 0 Å². The lowest BCUT2D eigenvalue weighted by Crippen LogP contribution is -2.49. The molecule has 11 heavy (non-hydrogen) atoms. The fourth-order valence-electron chi connectivity index (χ4n) is 1.40. The van der Waals surface area contributed by atoms with Crippen molar-refractivity contribution in [3.05, 3.63) is 0 Å². The molecule has 0 bridgehead atoms. The van der Waals surface area contributed by atoms with Crippen molar-refractivity contribution in [2.24, 2.45) is 23.1 Å². The molecule has 0 aromatic rings. The summed E-state index contributed by atoms with van der Waals surface area (Å²) in [6, 6.07) is -0.340. The van der Waals surface area contributed by atoms with Crippen molar-refractivity contribution in [1.29, 1.82) is 0 Å². The molecular weight excluding hydrogens is 142 g/mol. The minimum Gasteiger partial charge on any atom is -0.357 e. The standard InChI is InChI=1S/C7H17N3O/c1-3(2)6-4(8)5(9)7(10)11-6/h3-7H,8-10H2,1-2H3. The second-order valence-electron chi connectivity index (χ2n) is 3.46. The number of ether oxygens (including phenoxy) is 1. The van der Waals surface area contributed by atoms with Crippen LogP contribution in [0.1, 0.15) is 13.8 Å². The third-order valence-electron chi connectivity index (χ3n) is 2.17. The average molecular weight is 159 g/mol. The van der Waals surface area contributed by atoms with Gasteiger partial charge in [-0.2, -0.15) is 0 Å². The minimum absolute atomic E-state index is 0.0139. The van der Waals surface area contributed by atoms with E-state index >= 15 is 0 Å². The maximum absolute atomic E-state index is 5.78. The summed E-state index contributed by atoms with van der Waals surface area (Å²) in [5.74, 6) is 0.379. The first kappa shape index (κ1) is 8.93. The Morgan fingerprint density at radius 3 is 1.82 bits per heavy atom. The fourth-order valence-corrected chi connectivity index (χ4v) is 1.40. The van der Waals surface area contributed by atoms with E-state index in [9.17, 15) is 0 Å². The summed E-state index contributed by atoms with van der Waals surface area (Å²) in [6.45, 7) is 4.10. The molecule has 66 valence electrons. The van der Waals surface area contributed by atoms with Crippen molar-refractivity contribution in [3.8, 4) is 0 Å². The van der Waals surface area contributed by atoms with Crippen molar-refractivity contribution in [2.45, 2.75) is 38.3 Å². The van der Waals surface area contributed by atoms with Gasteiger partial charge in [0.05, 0.1) is 18.2 Å². The first-order chi connectivity index (χ1) is 5.04. The largest absolute Gasteiger partial charge is 0.357 e. The van der Waals surface area contributed by atoms with Crippen molar-refractivity contribution < 1.29 is 4.74 Å². The van der Waals surface area contributed by atoms with Crippen molar-refractivity contribution >= 4 is 0 Å². The molecule has 0 aliphatic carbocycles. The summed E-state index contributed by atoms with van der Waals surface area (Å²) in [4.78, 5) is 0.